The molecule has 0 heterocycles. The van der Waals surface area contributed by atoms with Gasteiger partial charge in [0.05, 0.1) is 0 Å². The van der Waals surface area contributed by atoms with Gasteiger partial charge in [-0.1, -0.05) is 12.7 Å². The van der Waals surface area contributed by atoms with Crippen molar-refractivity contribution in [1.29, 1.82) is 0 Å². The summed E-state index contributed by atoms with van der Waals surface area (Å²) in [5, 5.41) is 0. The SMILES string of the molecule is C=CCOc1ccc(F)cc1[C@H](C)N. The van der Waals surface area contributed by atoms with Crippen molar-refractivity contribution in [3.63, 3.8) is 0 Å². The van der Waals surface area contributed by atoms with Gasteiger partial charge in [-0.25, -0.2) is 4.39 Å². The zero-order chi connectivity index (χ0) is 10.6. The summed E-state index contributed by atoms with van der Waals surface area (Å²) < 4.78 is 18.2. The average Bonchev–Trinajstić information content (AvgIpc) is 2.15. The maximum atomic E-state index is 12.9. The Balaban J connectivity index is 2.95. The van der Waals surface area contributed by atoms with Crippen molar-refractivity contribution >= 4 is 0 Å². The van der Waals surface area contributed by atoms with Crippen molar-refractivity contribution in [1.82, 2.24) is 0 Å². The molecule has 0 unspecified atom stereocenters. The minimum Gasteiger partial charge on any atom is -0.489 e. The van der Waals surface area contributed by atoms with Gasteiger partial charge in [-0.3, -0.25) is 0 Å². The second kappa shape index (κ2) is 4.77. The van der Waals surface area contributed by atoms with Crippen molar-refractivity contribution in [3.05, 3.63) is 42.2 Å². The summed E-state index contributed by atoms with van der Waals surface area (Å²) in [5.41, 5.74) is 6.36. The van der Waals surface area contributed by atoms with E-state index in [0.717, 1.165) is 0 Å². The summed E-state index contributed by atoms with van der Waals surface area (Å²) in [7, 11) is 0. The van der Waals surface area contributed by atoms with Gasteiger partial charge in [0.2, 0.25) is 0 Å². The molecule has 0 saturated carbocycles. The van der Waals surface area contributed by atoms with Crippen LogP contribution in [0, 0.1) is 5.82 Å². The molecule has 76 valence electrons. The Kier molecular flexibility index (Phi) is 3.65. The Labute approximate surface area is 83.2 Å². The molecule has 0 radical (unpaired) electrons. The molecule has 1 rings (SSSR count). The maximum Gasteiger partial charge on any atom is 0.124 e. The first-order valence-corrected chi connectivity index (χ1v) is 4.44. The third kappa shape index (κ3) is 2.57. The zero-order valence-corrected chi connectivity index (χ0v) is 8.16. The van der Waals surface area contributed by atoms with Crippen LogP contribution in [0.3, 0.4) is 0 Å². The fraction of sp³-hybridized carbons (Fsp3) is 0.273. The molecule has 1 atom stereocenters. The molecule has 2 N–H and O–H groups in total. The van der Waals surface area contributed by atoms with Crippen LogP contribution in [0.4, 0.5) is 4.39 Å². The predicted octanol–water partition coefficient (Wildman–Crippen LogP) is 2.41. The Morgan fingerprint density at radius 1 is 1.64 bits per heavy atom. The van der Waals surface area contributed by atoms with Crippen LogP contribution in [0.1, 0.15) is 18.5 Å². The molecule has 0 amide bonds. The molecule has 2 nitrogen and oxygen atoms in total. The highest BCUT2D eigenvalue weighted by molar-refractivity contribution is 5.36. The lowest BCUT2D eigenvalue weighted by atomic mass is 10.1. The van der Waals surface area contributed by atoms with Crippen LogP contribution in [-0.4, -0.2) is 6.61 Å². The van der Waals surface area contributed by atoms with E-state index in [2.05, 4.69) is 6.58 Å². The minimum absolute atomic E-state index is 0.245. The van der Waals surface area contributed by atoms with Gasteiger partial charge >= 0.3 is 0 Å². The number of halogens is 1. The fourth-order valence-corrected chi connectivity index (χ4v) is 1.16. The normalized spacial score (nSPS) is 12.2. The van der Waals surface area contributed by atoms with Gasteiger partial charge in [-0.15, -0.1) is 0 Å². The largest absolute Gasteiger partial charge is 0.489 e. The molecule has 14 heavy (non-hydrogen) atoms. The summed E-state index contributed by atoms with van der Waals surface area (Å²) in [6.07, 6.45) is 1.63. The molecule has 0 spiro atoms. The van der Waals surface area contributed by atoms with E-state index in [9.17, 15) is 4.39 Å². The highest BCUT2D eigenvalue weighted by atomic mass is 19.1. The summed E-state index contributed by atoms with van der Waals surface area (Å²) in [5.74, 6) is 0.310. The number of hydrogen-bond acceptors (Lipinski definition) is 2. The molecule has 1 aromatic carbocycles. The third-order valence-corrected chi connectivity index (χ3v) is 1.82. The molecule has 0 aliphatic carbocycles. The lowest BCUT2D eigenvalue weighted by Crippen LogP contribution is -2.08. The minimum atomic E-state index is -0.303. The van der Waals surface area contributed by atoms with Gasteiger partial charge in [0.15, 0.2) is 0 Å². The molecule has 0 aliphatic rings. The van der Waals surface area contributed by atoms with E-state index < -0.39 is 0 Å². The lowest BCUT2D eigenvalue weighted by Gasteiger charge is -2.12. The molecule has 0 aliphatic heterocycles. The molecule has 0 aromatic heterocycles. The summed E-state index contributed by atoms with van der Waals surface area (Å²) >= 11 is 0. The Hall–Kier alpha value is -1.35. The van der Waals surface area contributed by atoms with E-state index in [0.29, 0.717) is 17.9 Å². The van der Waals surface area contributed by atoms with Crippen molar-refractivity contribution in [2.75, 3.05) is 6.61 Å². The molecule has 0 fully saturated rings. The van der Waals surface area contributed by atoms with Crippen LogP contribution >= 0.6 is 0 Å². The van der Waals surface area contributed by atoms with E-state index in [1.54, 1.807) is 19.1 Å². The number of rotatable bonds is 4. The molecule has 3 heteroatoms. The molecular weight excluding hydrogens is 181 g/mol. The monoisotopic (exact) mass is 195 g/mol. The topological polar surface area (TPSA) is 35.2 Å². The van der Waals surface area contributed by atoms with Gasteiger partial charge in [0, 0.05) is 11.6 Å². The van der Waals surface area contributed by atoms with E-state index in [1.807, 2.05) is 0 Å². The van der Waals surface area contributed by atoms with Crippen molar-refractivity contribution in [3.8, 4) is 5.75 Å². The van der Waals surface area contributed by atoms with Crippen LogP contribution in [0.5, 0.6) is 5.75 Å². The van der Waals surface area contributed by atoms with Crippen molar-refractivity contribution in [2.45, 2.75) is 13.0 Å². The second-order valence-corrected chi connectivity index (χ2v) is 3.07. The van der Waals surface area contributed by atoms with Crippen LogP contribution in [0.15, 0.2) is 30.9 Å². The number of ether oxygens (including phenoxy) is 1. The summed E-state index contributed by atoms with van der Waals surface area (Å²) in [4.78, 5) is 0. The standard InChI is InChI=1S/C11H14FNO/c1-3-6-14-11-5-4-9(12)7-10(11)8(2)13/h3-5,7-8H,1,6,13H2,2H3/t8-/m0/s1. The van der Waals surface area contributed by atoms with E-state index in [4.69, 9.17) is 10.5 Å². The molecular formula is C11H14FNO. The van der Waals surface area contributed by atoms with Crippen LogP contribution in [0.2, 0.25) is 0 Å². The van der Waals surface area contributed by atoms with Crippen molar-refractivity contribution in [2.24, 2.45) is 5.73 Å². The maximum absolute atomic E-state index is 12.9. The van der Waals surface area contributed by atoms with Crippen molar-refractivity contribution < 1.29 is 9.13 Å². The first-order valence-electron chi connectivity index (χ1n) is 4.44. The number of hydrogen-bond donors (Lipinski definition) is 1. The number of nitrogens with two attached hydrogens (primary N) is 1. The van der Waals surface area contributed by atoms with E-state index in [1.165, 1.54) is 12.1 Å². The van der Waals surface area contributed by atoms with Gasteiger partial charge in [-0.05, 0) is 25.1 Å². The fourth-order valence-electron chi connectivity index (χ4n) is 1.16. The molecule has 1 aromatic rings. The van der Waals surface area contributed by atoms with E-state index in [-0.39, 0.29) is 11.9 Å². The van der Waals surface area contributed by atoms with Gasteiger partial charge in [-0.2, -0.15) is 0 Å². The molecule has 0 bridgehead atoms. The second-order valence-electron chi connectivity index (χ2n) is 3.07. The Morgan fingerprint density at radius 2 is 2.36 bits per heavy atom. The van der Waals surface area contributed by atoms with Gasteiger partial charge in [0.1, 0.15) is 18.2 Å². The number of benzene rings is 1. The highest BCUT2D eigenvalue weighted by Crippen LogP contribution is 2.24. The van der Waals surface area contributed by atoms with E-state index >= 15 is 0 Å². The molecule has 0 saturated heterocycles. The third-order valence-electron chi connectivity index (χ3n) is 1.82. The Bertz CT molecular complexity index is 323. The predicted molar refractivity (Wildman–Crippen MR) is 54.7 cm³/mol. The van der Waals surface area contributed by atoms with Gasteiger partial charge < -0.3 is 10.5 Å². The Morgan fingerprint density at radius 3 is 2.93 bits per heavy atom. The van der Waals surface area contributed by atoms with Crippen LogP contribution < -0.4 is 10.5 Å². The summed E-state index contributed by atoms with van der Waals surface area (Å²) in [6, 6.07) is 4.08. The highest BCUT2D eigenvalue weighted by Gasteiger charge is 2.08. The average molecular weight is 195 g/mol. The van der Waals surface area contributed by atoms with Crippen LogP contribution in [-0.2, 0) is 0 Å². The lowest BCUT2D eigenvalue weighted by molar-refractivity contribution is 0.356. The van der Waals surface area contributed by atoms with Gasteiger partial charge in [0.25, 0.3) is 0 Å². The summed E-state index contributed by atoms with van der Waals surface area (Å²) in [6.45, 7) is 5.72. The van der Waals surface area contributed by atoms with Crippen LogP contribution in [0.25, 0.3) is 0 Å². The smallest absolute Gasteiger partial charge is 0.124 e. The zero-order valence-electron chi connectivity index (χ0n) is 8.16. The first-order chi connectivity index (χ1) is 6.65. The quantitative estimate of drug-likeness (QED) is 0.749. The first kappa shape index (κ1) is 10.7.